The molecule has 29 heavy (non-hydrogen) atoms. The predicted octanol–water partition coefficient (Wildman–Crippen LogP) is 6.21. The minimum atomic E-state index is 0.0837. The molecule has 0 spiro atoms. The Hall–Kier alpha value is -1.84. The molecule has 1 saturated heterocycles. The van der Waals surface area contributed by atoms with Crippen LogP contribution in [0.25, 0.3) is 0 Å². The van der Waals surface area contributed by atoms with E-state index in [2.05, 4.69) is 46.6 Å². The monoisotopic (exact) mass is 410 g/mol. The van der Waals surface area contributed by atoms with E-state index >= 15 is 0 Å². The van der Waals surface area contributed by atoms with Gasteiger partial charge in [-0.05, 0) is 86.0 Å². The summed E-state index contributed by atoms with van der Waals surface area (Å²) in [7, 11) is 0. The van der Waals surface area contributed by atoms with E-state index in [0.717, 1.165) is 36.6 Å². The van der Waals surface area contributed by atoms with E-state index in [1.807, 2.05) is 12.1 Å². The molecule has 1 N–H and O–H groups in total. The maximum atomic E-state index is 12.5. The van der Waals surface area contributed by atoms with Crippen LogP contribution < -0.4 is 5.32 Å². The van der Waals surface area contributed by atoms with Gasteiger partial charge < -0.3 is 5.32 Å². The topological polar surface area (TPSA) is 32.3 Å². The van der Waals surface area contributed by atoms with Crippen LogP contribution in [0.3, 0.4) is 0 Å². The minimum absolute atomic E-state index is 0.0837. The summed E-state index contributed by atoms with van der Waals surface area (Å²) in [5, 5.41) is 3.86. The zero-order valence-corrected chi connectivity index (χ0v) is 17.8. The molecular formula is C25H31ClN2O. The highest BCUT2D eigenvalue weighted by molar-refractivity contribution is 6.30. The third kappa shape index (κ3) is 5.61. The highest BCUT2D eigenvalue weighted by atomic mass is 35.5. The molecule has 0 aromatic heterocycles. The molecule has 1 heterocycles. The molecule has 2 aromatic carbocycles. The van der Waals surface area contributed by atoms with Gasteiger partial charge in [0.05, 0.1) is 6.54 Å². The number of hydrogen-bond donors (Lipinski definition) is 1. The SMILES string of the molecule is O=C(CN1CCC(c2ccc(Cl)cc2)CC1)Nc1ccc(C2CCCCC2)cc1. The second-order valence-corrected chi connectivity index (χ2v) is 9.04. The van der Waals surface area contributed by atoms with Crippen molar-refractivity contribution in [2.24, 2.45) is 0 Å². The highest BCUT2D eigenvalue weighted by Gasteiger charge is 2.22. The lowest BCUT2D eigenvalue weighted by molar-refractivity contribution is -0.117. The van der Waals surface area contributed by atoms with Gasteiger partial charge in [0.2, 0.25) is 5.91 Å². The zero-order valence-electron chi connectivity index (χ0n) is 17.1. The third-order valence-electron chi connectivity index (χ3n) is 6.57. The molecule has 1 aliphatic heterocycles. The number of carbonyl (C=O) groups excluding carboxylic acids is 1. The lowest BCUT2D eigenvalue weighted by Crippen LogP contribution is -2.38. The second-order valence-electron chi connectivity index (χ2n) is 8.61. The Bertz CT molecular complexity index is 789. The predicted molar refractivity (Wildman–Crippen MR) is 121 cm³/mol. The van der Waals surface area contributed by atoms with Crippen molar-refractivity contribution in [3.8, 4) is 0 Å². The fourth-order valence-corrected chi connectivity index (χ4v) is 4.96. The van der Waals surface area contributed by atoms with E-state index < -0.39 is 0 Å². The number of nitrogens with one attached hydrogen (secondary N) is 1. The summed E-state index contributed by atoms with van der Waals surface area (Å²) >= 11 is 5.99. The van der Waals surface area contributed by atoms with Gasteiger partial charge in [-0.3, -0.25) is 9.69 Å². The van der Waals surface area contributed by atoms with E-state index in [1.54, 1.807) is 0 Å². The molecule has 2 aromatic rings. The molecular weight excluding hydrogens is 380 g/mol. The fourth-order valence-electron chi connectivity index (χ4n) is 4.84. The normalized spacial score (nSPS) is 19.2. The van der Waals surface area contributed by atoms with Gasteiger partial charge in [-0.15, -0.1) is 0 Å². The first-order chi connectivity index (χ1) is 14.2. The smallest absolute Gasteiger partial charge is 0.238 e. The van der Waals surface area contributed by atoms with Crippen molar-refractivity contribution < 1.29 is 4.79 Å². The zero-order chi connectivity index (χ0) is 20.1. The Morgan fingerprint density at radius 1 is 0.828 bits per heavy atom. The van der Waals surface area contributed by atoms with Crippen molar-refractivity contribution >= 4 is 23.2 Å². The van der Waals surface area contributed by atoms with Crippen LogP contribution in [0.4, 0.5) is 5.69 Å². The third-order valence-corrected chi connectivity index (χ3v) is 6.82. The Morgan fingerprint density at radius 3 is 2.00 bits per heavy atom. The molecule has 4 heteroatoms. The van der Waals surface area contributed by atoms with E-state index in [4.69, 9.17) is 11.6 Å². The first kappa shape index (κ1) is 20.4. The van der Waals surface area contributed by atoms with Crippen LogP contribution in [-0.2, 0) is 4.79 Å². The van der Waals surface area contributed by atoms with Crippen molar-refractivity contribution in [2.45, 2.75) is 56.8 Å². The number of piperidine rings is 1. The number of hydrogen-bond acceptors (Lipinski definition) is 2. The fraction of sp³-hybridized carbons (Fsp3) is 0.480. The van der Waals surface area contributed by atoms with E-state index in [0.29, 0.717) is 18.4 Å². The summed E-state index contributed by atoms with van der Waals surface area (Å²) < 4.78 is 0. The Balaban J connectivity index is 1.23. The first-order valence-electron chi connectivity index (χ1n) is 11.0. The number of halogens is 1. The van der Waals surface area contributed by atoms with Gasteiger partial charge in [-0.1, -0.05) is 55.1 Å². The quantitative estimate of drug-likeness (QED) is 0.635. The van der Waals surface area contributed by atoms with Crippen molar-refractivity contribution in [1.82, 2.24) is 4.90 Å². The molecule has 2 aliphatic rings. The lowest BCUT2D eigenvalue weighted by Gasteiger charge is -2.31. The summed E-state index contributed by atoms with van der Waals surface area (Å²) in [6.07, 6.45) is 8.85. The number of benzene rings is 2. The standard InChI is InChI=1S/C25H31ClN2O/c26-23-10-6-20(7-11-23)22-14-16-28(17-15-22)18-25(29)27-24-12-8-21(9-13-24)19-4-2-1-3-5-19/h6-13,19,22H,1-5,14-18H2,(H,27,29). The average molecular weight is 411 g/mol. The molecule has 154 valence electrons. The highest BCUT2D eigenvalue weighted by Crippen LogP contribution is 2.33. The van der Waals surface area contributed by atoms with Crippen LogP contribution in [0, 0.1) is 0 Å². The molecule has 1 aliphatic carbocycles. The van der Waals surface area contributed by atoms with Crippen molar-refractivity contribution in [2.75, 3.05) is 25.0 Å². The van der Waals surface area contributed by atoms with Crippen molar-refractivity contribution in [3.05, 3.63) is 64.7 Å². The number of carbonyl (C=O) groups is 1. The summed E-state index contributed by atoms with van der Waals surface area (Å²) in [6, 6.07) is 16.7. The molecule has 1 saturated carbocycles. The van der Waals surface area contributed by atoms with Crippen molar-refractivity contribution in [3.63, 3.8) is 0 Å². The van der Waals surface area contributed by atoms with Gasteiger partial charge in [0, 0.05) is 10.7 Å². The summed E-state index contributed by atoms with van der Waals surface area (Å²) in [6.45, 7) is 2.39. The van der Waals surface area contributed by atoms with Crippen LogP contribution in [0.1, 0.15) is 67.9 Å². The van der Waals surface area contributed by atoms with Crippen LogP contribution in [0.15, 0.2) is 48.5 Å². The summed E-state index contributed by atoms with van der Waals surface area (Å²) in [5.74, 6) is 1.36. The van der Waals surface area contributed by atoms with Crippen LogP contribution in [-0.4, -0.2) is 30.4 Å². The van der Waals surface area contributed by atoms with Crippen LogP contribution in [0.5, 0.6) is 0 Å². The lowest BCUT2D eigenvalue weighted by atomic mass is 9.84. The Labute approximate surface area is 179 Å². The average Bonchev–Trinajstić information content (AvgIpc) is 2.76. The maximum absolute atomic E-state index is 12.5. The Morgan fingerprint density at radius 2 is 1.38 bits per heavy atom. The number of nitrogens with zero attached hydrogens (tertiary/aromatic N) is 1. The summed E-state index contributed by atoms with van der Waals surface area (Å²) in [4.78, 5) is 14.8. The van der Waals surface area contributed by atoms with Gasteiger partial charge in [0.1, 0.15) is 0 Å². The first-order valence-corrected chi connectivity index (χ1v) is 11.4. The molecule has 0 radical (unpaired) electrons. The number of likely N-dealkylation sites (tertiary alicyclic amines) is 1. The van der Waals surface area contributed by atoms with Gasteiger partial charge in [0.25, 0.3) is 0 Å². The number of anilines is 1. The molecule has 0 atom stereocenters. The number of amides is 1. The largest absolute Gasteiger partial charge is 0.325 e. The van der Waals surface area contributed by atoms with Crippen LogP contribution in [0.2, 0.25) is 5.02 Å². The Kier molecular flexibility index (Phi) is 6.89. The molecule has 1 amide bonds. The van der Waals surface area contributed by atoms with Crippen LogP contribution >= 0.6 is 11.6 Å². The second kappa shape index (κ2) is 9.77. The van der Waals surface area contributed by atoms with E-state index in [-0.39, 0.29) is 5.91 Å². The molecule has 0 unspecified atom stereocenters. The van der Waals surface area contributed by atoms with Gasteiger partial charge in [-0.25, -0.2) is 0 Å². The van der Waals surface area contributed by atoms with Gasteiger partial charge in [0.15, 0.2) is 0 Å². The van der Waals surface area contributed by atoms with Gasteiger partial charge in [-0.2, -0.15) is 0 Å². The molecule has 4 rings (SSSR count). The van der Waals surface area contributed by atoms with Crippen molar-refractivity contribution in [1.29, 1.82) is 0 Å². The van der Waals surface area contributed by atoms with E-state index in [1.165, 1.54) is 43.2 Å². The molecule has 3 nitrogen and oxygen atoms in total. The summed E-state index contributed by atoms with van der Waals surface area (Å²) in [5.41, 5.74) is 3.69. The molecule has 0 bridgehead atoms. The maximum Gasteiger partial charge on any atom is 0.238 e. The van der Waals surface area contributed by atoms with Gasteiger partial charge >= 0.3 is 0 Å². The van der Waals surface area contributed by atoms with E-state index in [9.17, 15) is 4.79 Å². The minimum Gasteiger partial charge on any atom is -0.325 e. The molecule has 2 fully saturated rings. The number of rotatable bonds is 5.